The Morgan fingerprint density at radius 1 is 0.905 bits per heavy atom. The lowest BCUT2D eigenvalue weighted by Gasteiger charge is -2.29. The molecular formula is C32H44N6O4. The number of rotatable bonds is 13. The smallest absolute Gasteiger partial charge is 0.390 e. The van der Waals surface area contributed by atoms with Gasteiger partial charge in [0.15, 0.2) is 0 Å². The second-order valence-corrected chi connectivity index (χ2v) is 10.0. The highest BCUT2D eigenvalue weighted by Crippen LogP contribution is 2.39. The van der Waals surface area contributed by atoms with Gasteiger partial charge in [0, 0.05) is 32.2 Å². The SMILES string of the molecule is CCCCNC(=O)Oc1c(N(C(=O)NCCCC)c2ccc(N(CC)CC)nc2C)c(C)cc(=O)n1-c1ccccc1. The topological polar surface area (TPSA) is 109 Å². The number of nitrogens with one attached hydrogen (secondary N) is 2. The number of aromatic nitrogens is 2. The van der Waals surface area contributed by atoms with Crippen molar-refractivity contribution in [2.45, 2.75) is 67.2 Å². The Morgan fingerprint density at radius 3 is 2.14 bits per heavy atom. The fourth-order valence-corrected chi connectivity index (χ4v) is 4.65. The second kappa shape index (κ2) is 15.6. The van der Waals surface area contributed by atoms with Crippen molar-refractivity contribution in [1.82, 2.24) is 20.2 Å². The van der Waals surface area contributed by atoms with Crippen molar-refractivity contribution < 1.29 is 14.3 Å². The molecule has 2 aromatic heterocycles. The van der Waals surface area contributed by atoms with Gasteiger partial charge in [0.1, 0.15) is 11.5 Å². The third kappa shape index (κ3) is 7.69. The molecule has 0 saturated heterocycles. The number of amides is 3. The lowest BCUT2D eigenvalue weighted by molar-refractivity contribution is 0.197. The summed E-state index contributed by atoms with van der Waals surface area (Å²) in [6, 6.07) is 13.7. The summed E-state index contributed by atoms with van der Waals surface area (Å²) in [5.74, 6) is 0.739. The van der Waals surface area contributed by atoms with Gasteiger partial charge < -0.3 is 20.3 Å². The van der Waals surface area contributed by atoms with Crippen LogP contribution in [0.25, 0.3) is 5.69 Å². The van der Waals surface area contributed by atoms with Crippen molar-refractivity contribution in [3.05, 3.63) is 70.1 Å². The minimum Gasteiger partial charge on any atom is -0.390 e. The summed E-state index contributed by atoms with van der Waals surface area (Å²) in [7, 11) is 0. The minimum absolute atomic E-state index is 0.0574. The van der Waals surface area contributed by atoms with Crippen molar-refractivity contribution in [2.24, 2.45) is 0 Å². The summed E-state index contributed by atoms with van der Waals surface area (Å²) in [6.07, 6.45) is 2.66. The summed E-state index contributed by atoms with van der Waals surface area (Å²) in [5, 5.41) is 5.75. The predicted molar refractivity (Wildman–Crippen MR) is 169 cm³/mol. The molecule has 0 spiro atoms. The average Bonchev–Trinajstić information content (AvgIpc) is 2.97. The quantitative estimate of drug-likeness (QED) is 0.234. The van der Waals surface area contributed by atoms with Gasteiger partial charge in [-0.25, -0.2) is 19.1 Å². The number of aryl methyl sites for hydroxylation is 2. The van der Waals surface area contributed by atoms with Crippen molar-refractivity contribution in [1.29, 1.82) is 0 Å². The first-order valence-electron chi connectivity index (χ1n) is 14.8. The zero-order valence-electron chi connectivity index (χ0n) is 25.7. The molecule has 0 radical (unpaired) electrons. The van der Waals surface area contributed by atoms with Gasteiger partial charge in [-0.15, -0.1) is 0 Å². The molecule has 42 heavy (non-hydrogen) atoms. The normalized spacial score (nSPS) is 10.7. The van der Waals surface area contributed by atoms with Crippen LogP contribution in [0.1, 0.15) is 64.6 Å². The molecule has 0 saturated carbocycles. The van der Waals surface area contributed by atoms with Crippen LogP contribution < -0.4 is 30.7 Å². The van der Waals surface area contributed by atoms with Crippen LogP contribution in [-0.4, -0.2) is 47.9 Å². The number of anilines is 3. The minimum atomic E-state index is -0.711. The van der Waals surface area contributed by atoms with Crippen LogP contribution in [0.2, 0.25) is 0 Å². The standard InChI is InChI=1S/C32H44N6O4/c1-7-11-20-33-31(40)38(26-18-19-27(35-24(26)6)36(9-3)10-4)29-23(5)22-28(39)37(25-16-14-13-15-17-25)30(29)42-32(41)34-21-12-8-2/h13-19,22H,7-12,20-21H2,1-6H3,(H,33,40)(H,34,41). The summed E-state index contributed by atoms with van der Waals surface area (Å²) in [6.45, 7) is 14.2. The number of hydrogen-bond donors (Lipinski definition) is 2. The highest BCUT2D eigenvalue weighted by Gasteiger charge is 2.30. The number of carbonyl (C=O) groups is 2. The number of urea groups is 1. The van der Waals surface area contributed by atoms with Crippen molar-refractivity contribution in [3.63, 3.8) is 0 Å². The number of para-hydroxylation sites is 1. The molecule has 2 heterocycles. The van der Waals surface area contributed by atoms with E-state index in [2.05, 4.69) is 29.4 Å². The van der Waals surface area contributed by atoms with E-state index in [9.17, 15) is 14.4 Å². The molecule has 3 rings (SSSR count). The number of ether oxygens (including phenoxy) is 1. The third-order valence-corrected chi connectivity index (χ3v) is 6.95. The van der Waals surface area contributed by atoms with E-state index in [0.29, 0.717) is 35.7 Å². The van der Waals surface area contributed by atoms with Crippen LogP contribution in [0.15, 0.2) is 53.3 Å². The number of unbranched alkanes of at least 4 members (excludes halogenated alkanes) is 2. The lowest BCUT2D eigenvalue weighted by atomic mass is 10.1. The lowest BCUT2D eigenvalue weighted by Crippen LogP contribution is -2.40. The molecule has 1 aromatic carbocycles. The van der Waals surface area contributed by atoms with E-state index in [1.807, 2.05) is 39.0 Å². The van der Waals surface area contributed by atoms with Gasteiger partial charge in [-0.2, -0.15) is 0 Å². The fourth-order valence-electron chi connectivity index (χ4n) is 4.65. The molecule has 10 nitrogen and oxygen atoms in total. The summed E-state index contributed by atoms with van der Waals surface area (Å²) >= 11 is 0. The van der Waals surface area contributed by atoms with Crippen LogP contribution in [0.4, 0.5) is 26.8 Å². The molecule has 0 aliphatic rings. The maximum absolute atomic E-state index is 14.0. The summed E-state index contributed by atoms with van der Waals surface area (Å²) in [4.78, 5) is 48.9. The first kappa shape index (κ1) is 32.2. The number of hydrogen-bond acceptors (Lipinski definition) is 6. The van der Waals surface area contributed by atoms with Gasteiger partial charge in [0.05, 0.1) is 17.1 Å². The number of pyridine rings is 2. The first-order valence-corrected chi connectivity index (χ1v) is 14.8. The summed E-state index contributed by atoms with van der Waals surface area (Å²) < 4.78 is 7.24. The van der Waals surface area contributed by atoms with Crippen LogP contribution in [0, 0.1) is 13.8 Å². The average molecular weight is 577 g/mol. The Morgan fingerprint density at radius 2 is 1.55 bits per heavy atom. The molecule has 0 atom stereocenters. The van der Waals surface area contributed by atoms with E-state index in [4.69, 9.17) is 9.72 Å². The molecular weight excluding hydrogens is 532 g/mol. The van der Waals surface area contributed by atoms with Gasteiger partial charge in [-0.05, 0) is 70.4 Å². The molecule has 0 unspecified atom stereocenters. The Balaban J connectivity index is 2.30. The van der Waals surface area contributed by atoms with E-state index >= 15 is 0 Å². The second-order valence-electron chi connectivity index (χ2n) is 10.0. The maximum Gasteiger partial charge on any atom is 0.413 e. The van der Waals surface area contributed by atoms with Crippen molar-refractivity contribution in [2.75, 3.05) is 36.0 Å². The number of benzene rings is 1. The molecule has 0 fully saturated rings. The van der Waals surface area contributed by atoms with E-state index in [0.717, 1.165) is 44.6 Å². The van der Waals surface area contributed by atoms with Gasteiger partial charge >= 0.3 is 12.1 Å². The van der Waals surface area contributed by atoms with Crippen LogP contribution in [0.5, 0.6) is 5.88 Å². The Labute approximate surface area is 248 Å². The molecule has 3 amide bonds. The van der Waals surface area contributed by atoms with Gasteiger partial charge in [0.25, 0.3) is 5.56 Å². The largest absolute Gasteiger partial charge is 0.413 e. The van der Waals surface area contributed by atoms with Crippen molar-refractivity contribution in [3.8, 4) is 11.6 Å². The monoisotopic (exact) mass is 576 g/mol. The van der Waals surface area contributed by atoms with E-state index in [-0.39, 0.29) is 11.6 Å². The zero-order valence-corrected chi connectivity index (χ0v) is 25.7. The maximum atomic E-state index is 14.0. The van der Waals surface area contributed by atoms with Crippen LogP contribution >= 0.6 is 0 Å². The Bertz CT molecular complexity index is 1400. The van der Waals surface area contributed by atoms with Crippen LogP contribution in [0.3, 0.4) is 0 Å². The molecule has 226 valence electrons. The molecule has 0 bridgehead atoms. The fraction of sp³-hybridized carbons (Fsp3) is 0.438. The van der Waals surface area contributed by atoms with E-state index in [1.54, 1.807) is 31.2 Å². The van der Waals surface area contributed by atoms with E-state index in [1.165, 1.54) is 15.5 Å². The Kier molecular flexibility index (Phi) is 12.0. The molecule has 3 aromatic rings. The molecule has 10 heteroatoms. The summed E-state index contributed by atoms with van der Waals surface area (Å²) in [5.41, 5.74) is 1.98. The molecule has 0 aliphatic carbocycles. The van der Waals surface area contributed by atoms with Gasteiger partial charge in [0.2, 0.25) is 5.88 Å². The van der Waals surface area contributed by atoms with E-state index < -0.39 is 17.7 Å². The highest BCUT2D eigenvalue weighted by atomic mass is 16.6. The first-order chi connectivity index (χ1) is 20.3. The number of nitrogens with zero attached hydrogens (tertiary/aromatic N) is 4. The number of carbonyl (C=O) groups excluding carboxylic acids is 2. The van der Waals surface area contributed by atoms with Crippen molar-refractivity contribution >= 4 is 29.3 Å². The Hall–Kier alpha value is -4.34. The van der Waals surface area contributed by atoms with Gasteiger partial charge in [-0.1, -0.05) is 44.9 Å². The highest BCUT2D eigenvalue weighted by molar-refractivity contribution is 6.02. The third-order valence-electron chi connectivity index (χ3n) is 6.95. The van der Waals surface area contributed by atoms with Crippen LogP contribution in [-0.2, 0) is 0 Å². The van der Waals surface area contributed by atoms with Gasteiger partial charge in [-0.3, -0.25) is 9.69 Å². The molecule has 2 N–H and O–H groups in total. The predicted octanol–water partition coefficient (Wildman–Crippen LogP) is 6.23. The molecule has 0 aliphatic heterocycles. The zero-order chi connectivity index (χ0) is 30.6.